The Balaban J connectivity index is 2.24. The highest BCUT2D eigenvalue weighted by molar-refractivity contribution is 5.81. The van der Waals surface area contributed by atoms with Crippen LogP contribution >= 0.6 is 0 Å². The van der Waals surface area contributed by atoms with Gasteiger partial charge in [0.1, 0.15) is 18.5 Å². The van der Waals surface area contributed by atoms with Gasteiger partial charge in [0.25, 0.3) is 0 Å². The van der Waals surface area contributed by atoms with Crippen molar-refractivity contribution < 1.29 is 4.84 Å². The van der Waals surface area contributed by atoms with E-state index < -0.39 is 0 Å². The average Bonchev–Trinajstić information content (AvgIpc) is 2.67. The van der Waals surface area contributed by atoms with Crippen LogP contribution in [0.25, 0.3) is 11.2 Å². The van der Waals surface area contributed by atoms with Crippen LogP contribution in [0.4, 0.5) is 5.82 Å². The molecule has 0 amide bonds. The number of H-pyrrole nitrogens is 1. The van der Waals surface area contributed by atoms with Crippen LogP contribution in [0.1, 0.15) is 0 Å². The molecule has 2 heterocycles. The van der Waals surface area contributed by atoms with E-state index in [1.807, 2.05) is 0 Å². The highest BCUT2D eigenvalue weighted by atomic mass is 16.6. The molecule has 0 atom stereocenters. The second-order valence-corrected chi connectivity index (χ2v) is 2.42. The summed E-state index contributed by atoms with van der Waals surface area (Å²) < 4.78 is 0. The third-order valence-electron chi connectivity index (χ3n) is 1.55. The predicted octanol–water partition coefficient (Wildman–Crippen LogP) is 0.330. The number of anilines is 1. The number of nitrogens with one attached hydrogen (secondary N) is 2. The Kier molecular flexibility index (Phi) is 2.25. The number of fused-ring (bicyclic) bond motifs is 1. The molecule has 2 aromatic heterocycles. The quantitative estimate of drug-likeness (QED) is 0.413. The first-order valence-corrected chi connectivity index (χ1v) is 3.87. The van der Waals surface area contributed by atoms with Crippen LogP contribution in [-0.2, 0) is 4.84 Å². The molecule has 6 nitrogen and oxygen atoms in total. The van der Waals surface area contributed by atoms with Crippen LogP contribution in [0, 0.1) is 12.3 Å². The van der Waals surface area contributed by atoms with Crippen LogP contribution < -0.4 is 5.48 Å². The van der Waals surface area contributed by atoms with Crippen molar-refractivity contribution in [1.82, 2.24) is 19.9 Å². The molecule has 0 aromatic carbocycles. The minimum Gasteiger partial charge on any atom is -0.340 e. The van der Waals surface area contributed by atoms with E-state index in [0.717, 1.165) is 0 Å². The summed E-state index contributed by atoms with van der Waals surface area (Å²) in [6.07, 6.45) is 7.94. The standard InChI is InChI=1S/C8H7N5O/c1-2-3-14-13-8-6-7(10-4-9-6)11-5-12-8/h1,4-5H,3H2,(H2,9,10,11,12,13). The van der Waals surface area contributed by atoms with Gasteiger partial charge in [0, 0.05) is 0 Å². The van der Waals surface area contributed by atoms with Gasteiger partial charge in [-0.25, -0.2) is 20.4 Å². The fourth-order valence-electron chi connectivity index (χ4n) is 0.989. The van der Waals surface area contributed by atoms with E-state index in [2.05, 4.69) is 31.3 Å². The lowest BCUT2D eigenvalue weighted by Crippen LogP contribution is -2.03. The molecule has 0 saturated carbocycles. The molecule has 2 rings (SSSR count). The summed E-state index contributed by atoms with van der Waals surface area (Å²) >= 11 is 0. The molecule has 2 aromatic rings. The summed E-state index contributed by atoms with van der Waals surface area (Å²) in [6, 6.07) is 0. The second-order valence-electron chi connectivity index (χ2n) is 2.42. The summed E-state index contributed by atoms with van der Waals surface area (Å²) in [5, 5.41) is 0. The molecule has 0 saturated heterocycles. The van der Waals surface area contributed by atoms with Crippen molar-refractivity contribution in [3.8, 4) is 12.3 Å². The van der Waals surface area contributed by atoms with Gasteiger partial charge in [-0.3, -0.25) is 4.84 Å². The van der Waals surface area contributed by atoms with Crippen molar-refractivity contribution in [2.45, 2.75) is 0 Å². The van der Waals surface area contributed by atoms with Gasteiger partial charge in [0.15, 0.2) is 11.5 Å². The molecule has 0 spiro atoms. The van der Waals surface area contributed by atoms with Gasteiger partial charge < -0.3 is 4.98 Å². The third-order valence-corrected chi connectivity index (χ3v) is 1.55. The highest BCUT2D eigenvalue weighted by Gasteiger charge is 2.04. The lowest BCUT2D eigenvalue weighted by molar-refractivity contribution is 0.233. The fraction of sp³-hybridized carbons (Fsp3) is 0.125. The van der Waals surface area contributed by atoms with Gasteiger partial charge in [-0.05, 0) is 0 Å². The van der Waals surface area contributed by atoms with Crippen LogP contribution in [-0.4, -0.2) is 26.5 Å². The summed E-state index contributed by atoms with van der Waals surface area (Å²) in [7, 11) is 0. The minimum absolute atomic E-state index is 0.166. The van der Waals surface area contributed by atoms with Crippen molar-refractivity contribution in [3.63, 3.8) is 0 Å². The zero-order valence-electron chi connectivity index (χ0n) is 7.19. The van der Waals surface area contributed by atoms with Crippen molar-refractivity contribution >= 4 is 17.0 Å². The Morgan fingerprint density at radius 2 is 2.43 bits per heavy atom. The summed E-state index contributed by atoms with van der Waals surface area (Å²) in [5.74, 6) is 2.84. The largest absolute Gasteiger partial charge is 0.340 e. The van der Waals surface area contributed by atoms with Crippen LogP contribution in [0.2, 0.25) is 0 Å². The molecule has 0 radical (unpaired) electrons. The smallest absolute Gasteiger partial charge is 0.182 e. The van der Waals surface area contributed by atoms with Gasteiger partial charge in [0.05, 0.1) is 6.33 Å². The van der Waals surface area contributed by atoms with Crippen molar-refractivity contribution in [2.75, 3.05) is 12.1 Å². The Morgan fingerprint density at radius 1 is 1.50 bits per heavy atom. The molecular formula is C8H7N5O. The van der Waals surface area contributed by atoms with E-state index in [0.29, 0.717) is 17.0 Å². The first-order valence-electron chi connectivity index (χ1n) is 3.87. The highest BCUT2D eigenvalue weighted by Crippen LogP contribution is 2.13. The molecule has 0 fully saturated rings. The molecule has 6 heteroatoms. The number of rotatable bonds is 3. The SMILES string of the molecule is C#CCONc1ncnc2nc[nH]c12. The number of hydrogen-bond acceptors (Lipinski definition) is 5. The normalized spacial score (nSPS) is 9.93. The molecule has 0 aliphatic carbocycles. The first kappa shape index (κ1) is 8.47. The van der Waals surface area contributed by atoms with E-state index in [-0.39, 0.29) is 6.61 Å². The molecular weight excluding hydrogens is 182 g/mol. The lowest BCUT2D eigenvalue weighted by atomic mass is 10.5. The summed E-state index contributed by atoms with van der Waals surface area (Å²) in [4.78, 5) is 19.7. The maximum Gasteiger partial charge on any atom is 0.182 e. The van der Waals surface area contributed by atoms with Gasteiger partial charge in [-0.1, -0.05) is 5.92 Å². The van der Waals surface area contributed by atoms with E-state index in [9.17, 15) is 0 Å². The maximum atomic E-state index is 5.02. The zero-order valence-corrected chi connectivity index (χ0v) is 7.19. The molecule has 0 aliphatic heterocycles. The third kappa shape index (κ3) is 1.48. The molecule has 0 unspecified atom stereocenters. The number of terminal acetylenes is 1. The van der Waals surface area contributed by atoms with Crippen molar-refractivity contribution in [1.29, 1.82) is 0 Å². The van der Waals surface area contributed by atoms with Crippen LogP contribution in [0.5, 0.6) is 0 Å². The van der Waals surface area contributed by atoms with Crippen molar-refractivity contribution in [2.24, 2.45) is 0 Å². The Labute approximate surface area is 79.7 Å². The number of hydrogen-bond donors (Lipinski definition) is 2. The monoisotopic (exact) mass is 189 g/mol. The maximum absolute atomic E-state index is 5.02. The Morgan fingerprint density at radius 3 is 3.29 bits per heavy atom. The molecule has 0 bridgehead atoms. The van der Waals surface area contributed by atoms with Gasteiger partial charge in [-0.2, -0.15) is 0 Å². The molecule has 2 N–H and O–H groups in total. The number of aromatic amines is 1. The van der Waals surface area contributed by atoms with Crippen LogP contribution in [0.3, 0.4) is 0 Å². The second kappa shape index (κ2) is 3.72. The fourth-order valence-corrected chi connectivity index (χ4v) is 0.989. The van der Waals surface area contributed by atoms with Gasteiger partial charge >= 0.3 is 0 Å². The molecule has 14 heavy (non-hydrogen) atoms. The zero-order chi connectivity index (χ0) is 9.80. The average molecular weight is 189 g/mol. The van der Waals surface area contributed by atoms with E-state index in [1.54, 1.807) is 0 Å². The van der Waals surface area contributed by atoms with Gasteiger partial charge in [-0.15, -0.1) is 6.42 Å². The number of nitrogens with zero attached hydrogens (tertiary/aromatic N) is 3. The van der Waals surface area contributed by atoms with E-state index >= 15 is 0 Å². The lowest BCUT2D eigenvalue weighted by Gasteiger charge is -2.02. The Hall–Kier alpha value is -2.13. The number of aromatic nitrogens is 4. The summed E-state index contributed by atoms with van der Waals surface area (Å²) in [5.41, 5.74) is 3.87. The minimum atomic E-state index is 0.166. The predicted molar refractivity (Wildman–Crippen MR) is 50.1 cm³/mol. The molecule has 70 valence electrons. The van der Waals surface area contributed by atoms with E-state index in [4.69, 9.17) is 11.3 Å². The molecule has 0 aliphatic rings. The topological polar surface area (TPSA) is 75.7 Å². The summed E-state index contributed by atoms with van der Waals surface area (Å²) in [6.45, 7) is 0.166. The van der Waals surface area contributed by atoms with Crippen molar-refractivity contribution in [3.05, 3.63) is 12.7 Å². The first-order chi connectivity index (χ1) is 6.92. The Bertz CT molecular complexity index is 472. The van der Waals surface area contributed by atoms with E-state index in [1.165, 1.54) is 12.7 Å². The van der Waals surface area contributed by atoms with Crippen LogP contribution in [0.15, 0.2) is 12.7 Å². The van der Waals surface area contributed by atoms with Gasteiger partial charge in [0.2, 0.25) is 0 Å². The number of imidazole rings is 1.